The van der Waals surface area contributed by atoms with Crippen molar-refractivity contribution in [3.05, 3.63) is 47.5 Å². The third kappa shape index (κ3) is 3.73. The van der Waals surface area contributed by atoms with Crippen LogP contribution in [0.2, 0.25) is 0 Å². The molecule has 2 aliphatic rings. The van der Waals surface area contributed by atoms with Gasteiger partial charge in [0, 0.05) is 37.4 Å². The summed E-state index contributed by atoms with van der Waals surface area (Å²) >= 11 is 0. The molecule has 0 N–H and O–H groups in total. The fraction of sp³-hybridized carbons (Fsp3) is 0.522. The molecule has 6 heteroatoms. The molecule has 0 aliphatic carbocycles. The first-order valence-electron chi connectivity index (χ1n) is 10.9. The number of fused-ring (bicyclic) bond motifs is 1. The van der Waals surface area contributed by atoms with Crippen molar-refractivity contribution in [1.82, 2.24) is 24.4 Å². The zero-order valence-electron chi connectivity index (χ0n) is 17.5. The van der Waals surface area contributed by atoms with Gasteiger partial charge in [-0.1, -0.05) is 12.1 Å². The standard InChI is InChI=1S/C23H30N6/c1-17-15-20(26-23(24-17)29-11-5-6-12-29)18-9-13-28(14-10-18)16-22-25-19-7-3-4-8-21(19)27(22)2/h3-4,7-8,15,18H,5-6,9-14,16H2,1-2H3. The lowest BCUT2D eigenvalue weighted by molar-refractivity contribution is 0.197. The molecule has 0 saturated carbocycles. The van der Waals surface area contributed by atoms with E-state index in [9.17, 15) is 0 Å². The number of piperidine rings is 1. The van der Waals surface area contributed by atoms with Crippen LogP contribution < -0.4 is 4.90 Å². The lowest BCUT2D eigenvalue weighted by Gasteiger charge is -2.31. The van der Waals surface area contributed by atoms with Gasteiger partial charge in [0.05, 0.1) is 17.6 Å². The van der Waals surface area contributed by atoms with E-state index in [0.29, 0.717) is 5.92 Å². The van der Waals surface area contributed by atoms with Gasteiger partial charge >= 0.3 is 0 Å². The van der Waals surface area contributed by atoms with E-state index in [-0.39, 0.29) is 0 Å². The lowest BCUT2D eigenvalue weighted by Crippen LogP contribution is -2.33. The molecule has 2 saturated heterocycles. The highest BCUT2D eigenvalue weighted by atomic mass is 15.3. The molecule has 6 nitrogen and oxygen atoms in total. The number of aromatic nitrogens is 4. The summed E-state index contributed by atoms with van der Waals surface area (Å²) in [5, 5.41) is 0. The minimum atomic E-state index is 0.537. The van der Waals surface area contributed by atoms with Crippen LogP contribution in [-0.4, -0.2) is 50.6 Å². The first kappa shape index (κ1) is 18.6. The van der Waals surface area contributed by atoms with Crippen LogP contribution in [0.1, 0.15) is 48.8 Å². The van der Waals surface area contributed by atoms with Crippen LogP contribution >= 0.6 is 0 Å². The molecule has 2 fully saturated rings. The minimum absolute atomic E-state index is 0.537. The second kappa shape index (κ2) is 7.75. The van der Waals surface area contributed by atoms with Crippen LogP contribution in [0.4, 0.5) is 5.95 Å². The van der Waals surface area contributed by atoms with Crippen LogP contribution in [0.15, 0.2) is 30.3 Å². The molecule has 1 aromatic carbocycles. The van der Waals surface area contributed by atoms with Gasteiger partial charge < -0.3 is 9.47 Å². The van der Waals surface area contributed by atoms with Crippen molar-refractivity contribution in [2.75, 3.05) is 31.1 Å². The van der Waals surface area contributed by atoms with E-state index in [4.69, 9.17) is 15.0 Å². The molecule has 3 aromatic rings. The van der Waals surface area contributed by atoms with Crippen LogP contribution in [-0.2, 0) is 13.6 Å². The number of anilines is 1. The number of aryl methyl sites for hydroxylation is 2. The SMILES string of the molecule is Cc1cc(C2CCN(Cc3nc4ccccc4n3C)CC2)nc(N2CCCC2)n1. The monoisotopic (exact) mass is 390 g/mol. The molecule has 2 aromatic heterocycles. The highest BCUT2D eigenvalue weighted by Gasteiger charge is 2.25. The maximum Gasteiger partial charge on any atom is 0.225 e. The quantitative estimate of drug-likeness (QED) is 0.681. The van der Waals surface area contributed by atoms with E-state index in [1.54, 1.807) is 0 Å². The summed E-state index contributed by atoms with van der Waals surface area (Å²) < 4.78 is 2.23. The molecule has 0 bridgehead atoms. The Kier molecular flexibility index (Phi) is 4.96. The molecule has 2 aliphatic heterocycles. The molecular weight excluding hydrogens is 360 g/mol. The summed E-state index contributed by atoms with van der Waals surface area (Å²) in [6.45, 7) is 7.40. The van der Waals surface area contributed by atoms with Crippen LogP contribution in [0.25, 0.3) is 11.0 Å². The molecule has 29 heavy (non-hydrogen) atoms. The van der Waals surface area contributed by atoms with E-state index in [0.717, 1.165) is 68.5 Å². The maximum absolute atomic E-state index is 4.97. The predicted octanol–water partition coefficient (Wildman–Crippen LogP) is 3.65. The number of benzene rings is 1. The van der Waals surface area contributed by atoms with Crippen molar-refractivity contribution in [2.24, 2.45) is 7.05 Å². The summed E-state index contributed by atoms with van der Waals surface area (Å²) in [6, 6.07) is 10.6. The Morgan fingerprint density at radius 1 is 0.966 bits per heavy atom. The van der Waals surface area contributed by atoms with Gasteiger partial charge in [-0.15, -0.1) is 0 Å². The number of para-hydroxylation sites is 2. The van der Waals surface area contributed by atoms with Crippen molar-refractivity contribution in [3.63, 3.8) is 0 Å². The van der Waals surface area contributed by atoms with Crippen LogP contribution in [0.5, 0.6) is 0 Å². The Morgan fingerprint density at radius 2 is 1.72 bits per heavy atom. The molecular formula is C23H30N6. The largest absolute Gasteiger partial charge is 0.341 e. The maximum atomic E-state index is 4.97. The summed E-state index contributed by atoms with van der Waals surface area (Å²) in [6.07, 6.45) is 4.82. The van der Waals surface area contributed by atoms with Crippen LogP contribution in [0, 0.1) is 6.92 Å². The van der Waals surface area contributed by atoms with E-state index in [2.05, 4.69) is 58.7 Å². The van der Waals surface area contributed by atoms with Crippen LogP contribution in [0.3, 0.4) is 0 Å². The van der Waals surface area contributed by atoms with Gasteiger partial charge in [0.2, 0.25) is 5.95 Å². The molecule has 0 radical (unpaired) electrons. The molecule has 0 atom stereocenters. The predicted molar refractivity (Wildman–Crippen MR) is 116 cm³/mol. The first-order valence-corrected chi connectivity index (χ1v) is 10.9. The topological polar surface area (TPSA) is 50.1 Å². The Balaban J connectivity index is 1.26. The summed E-state index contributed by atoms with van der Waals surface area (Å²) in [4.78, 5) is 19.4. The van der Waals surface area contributed by atoms with Crippen molar-refractivity contribution in [3.8, 4) is 0 Å². The molecule has 5 rings (SSSR count). The van der Waals surface area contributed by atoms with Gasteiger partial charge in [-0.25, -0.2) is 15.0 Å². The van der Waals surface area contributed by atoms with Gasteiger partial charge in [0.15, 0.2) is 0 Å². The van der Waals surface area contributed by atoms with E-state index in [1.165, 1.54) is 24.1 Å². The fourth-order valence-corrected chi connectivity index (χ4v) is 4.77. The van der Waals surface area contributed by atoms with E-state index in [1.807, 2.05) is 0 Å². The van der Waals surface area contributed by atoms with Gasteiger partial charge in [-0.3, -0.25) is 4.90 Å². The summed E-state index contributed by atoms with van der Waals surface area (Å²) in [5.74, 6) is 2.63. The molecule has 0 unspecified atom stereocenters. The lowest BCUT2D eigenvalue weighted by atomic mass is 9.93. The number of rotatable bonds is 4. The number of hydrogen-bond acceptors (Lipinski definition) is 5. The number of nitrogens with zero attached hydrogens (tertiary/aromatic N) is 6. The third-order valence-electron chi connectivity index (χ3n) is 6.50. The van der Waals surface area contributed by atoms with Crippen molar-refractivity contribution in [1.29, 1.82) is 0 Å². The third-order valence-corrected chi connectivity index (χ3v) is 6.50. The highest BCUT2D eigenvalue weighted by Crippen LogP contribution is 2.29. The Labute approximate surface area is 172 Å². The average Bonchev–Trinajstić information content (AvgIpc) is 3.38. The van der Waals surface area contributed by atoms with Crippen molar-refractivity contribution >= 4 is 17.0 Å². The van der Waals surface area contributed by atoms with E-state index >= 15 is 0 Å². The Morgan fingerprint density at radius 3 is 2.48 bits per heavy atom. The highest BCUT2D eigenvalue weighted by molar-refractivity contribution is 5.75. The van der Waals surface area contributed by atoms with Gasteiger partial charge in [-0.2, -0.15) is 0 Å². The zero-order chi connectivity index (χ0) is 19.8. The number of likely N-dealkylation sites (tertiary alicyclic amines) is 1. The minimum Gasteiger partial charge on any atom is -0.341 e. The molecule has 0 amide bonds. The average molecular weight is 391 g/mol. The number of imidazole rings is 1. The van der Waals surface area contributed by atoms with Crippen molar-refractivity contribution in [2.45, 2.75) is 45.1 Å². The molecule has 0 spiro atoms. The first-order chi connectivity index (χ1) is 14.2. The van der Waals surface area contributed by atoms with E-state index < -0.39 is 0 Å². The fourth-order valence-electron chi connectivity index (χ4n) is 4.77. The second-order valence-electron chi connectivity index (χ2n) is 8.55. The summed E-state index contributed by atoms with van der Waals surface area (Å²) in [5.41, 5.74) is 4.63. The second-order valence-corrected chi connectivity index (χ2v) is 8.55. The Hall–Kier alpha value is -2.47. The summed E-state index contributed by atoms with van der Waals surface area (Å²) in [7, 11) is 2.13. The van der Waals surface area contributed by atoms with Crippen molar-refractivity contribution < 1.29 is 0 Å². The zero-order valence-corrected chi connectivity index (χ0v) is 17.5. The number of hydrogen-bond donors (Lipinski definition) is 0. The van der Waals surface area contributed by atoms with Gasteiger partial charge in [0.1, 0.15) is 5.82 Å². The normalized spacial score (nSPS) is 18.8. The van der Waals surface area contributed by atoms with Gasteiger partial charge in [0.25, 0.3) is 0 Å². The van der Waals surface area contributed by atoms with Gasteiger partial charge in [-0.05, 0) is 63.9 Å². The molecule has 4 heterocycles. The smallest absolute Gasteiger partial charge is 0.225 e. The molecule has 152 valence electrons. The Bertz CT molecular complexity index is 996.